The zero-order valence-electron chi connectivity index (χ0n) is 17.8. The van der Waals surface area contributed by atoms with Gasteiger partial charge in [0.15, 0.2) is 6.61 Å². The smallest absolute Gasteiger partial charge is 0.337 e. The van der Waals surface area contributed by atoms with Crippen LogP contribution in [0.1, 0.15) is 40.7 Å². The van der Waals surface area contributed by atoms with E-state index >= 15 is 0 Å². The maximum absolute atomic E-state index is 12.0. The molecule has 0 aliphatic rings. The average Bonchev–Trinajstić information content (AvgIpc) is 2.75. The van der Waals surface area contributed by atoms with Gasteiger partial charge in [-0.2, -0.15) is 0 Å². The fraction of sp³-hybridized carbons (Fsp3) is 0.304. The van der Waals surface area contributed by atoms with Crippen LogP contribution < -0.4 is 10.6 Å². The van der Waals surface area contributed by atoms with Gasteiger partial charge in [0.05, 0.1) is 12.7 Å². The van der Waals surface area contributed by atoms with Crippen molar-refractivity contribution in [3.63, 3.8) is 0 Å². The molecule has 31 heavy (non-hydrogen) atoms. The third kappa shape index (κ3) is 7.93. The molecule has 2 rings (SSSR count). The number of anilines is 2. The lowest BCUT2D eigenvalue weighted by Crippen LogP contribution is -2.21. The second-order valence-electron chi connectivity index (χ2n) is 6.98. The lowest BCUT2D eigenvalue weighted by Gasteiger charge is -2.09. The number of rotatable bonds is 9. The number of benzene rings is 2. The van der Waals surface area contributed by atoms with E-state index in [1.165, 1.54) is 7.11 Å². The van der Waals surface area contributed by atoms with Crippen molar-refractivity contribution >= 4 is 35.1 Å². The van der Waals surface area contributed by atoms with Gasteiger partial charge in [-0.05, 0) is 67.8 Å². The number of nitrogens with one attached hydrogen (secondary N) is 2. The van der Waals surface area contributed by atoms with Crippen LogP contribution in [0.3, 0.4) is 0 Å². The van der Waals surface area contributed by atoms with Crippen molar-refractivity contribution in [2.45, 2.75) is 33.1 Å². The Morgan fingerprint density at radius 2 is 1.45 bits per heavy atom. The minimum absolute atomic E-state index is 0.0195. The van der Waals surface area contributed by atoms with Gasteiger partial charge in [0.1, 0.15) is 0 Å². The molecule has 8 heteroatoms. The van der Waals surface area contributed by atoms with Gasteiger partial charge in [-0.15, -0.1) is 0 Å². The Labute approximate surface area is 180 Å². The Kier molecular flexibility index (Phi) is 8.75. The summed E-state index contributed by atoms with van der Waals surface area (Å²) < 4.78 is 9.56. The second-order valence-corrected chi connectivity index (χ2v) is 6.98. The first-order valence-corrected chi connectivity index (χ1v) is 9.79. The molecule has 2 aromatic rings. The van der Waals surface area contributed by atoms with Crippen LogP contribution in [0, 0.1) is 13.8 Å². The monoisotopic (exact) mass is 426 g/mol. The molecule has 0 heterocycles. The Bertz CT molecular complexity index is 953. The fourth-order valence-electron chi connectivity index (χ4n) is 2.66. The van der Waals surface area contributed by atoms with E-state index in [9.17, 15) is 19.2 Å². The van der Waals surface area contributed by atoms with Crippen molar-refractivity contribution in [3.05, 3.63) is 59.2 Å². The number of carbonyl (C=O) groups is 4. The van der Waals surface area contributed by atoms with E-state index in [1.807, 2.05) is 26.0 Å². The lowest BCUT2D eigenvalue weighted by molar-refractivity contribution is -0.147. The summed E-state index contributed by atoms with van der Waals surface area (Å²) in [5.74, 6) is -1.71. The molecule has 0 unspecified atom stereocenters. The number of methoxy groups -OCH3 is 1. The highest BCUT2D eigenvalue weighted by molar-refractivity contribution is 5.94. The number of hydrogen-bond acceptors (Lipinski definition) is 6. The SMILES string of the molecule is COC(=O)c1ccc(NC(=O)CCCC(=O)OCC(=O)Nc2ccc(C)c(C)c2)cc1. The van der Waals surface area contributed by atoms with E-state index in [1.54, 1.807) is 30.3 Å². The molecule has 2 aromatic carbocycles. The molecule has 0 saturated heterocycles. The normalized spacial score (nSPS) is 10.2. The van der Waals surface area contributed by atoms with Gasteiger partial charge < -0.3 is 20.1 Å². The molecule has 0 aromatic heterocycles. The third-order valence-corrected chi connectivity index (χ3v) is 4.53. The Hall–Kier alpha value is -3.68. The van der Waals surface area contributed by atoms with Crippen LogP contribution in [0.2, 0.25) is 0 Å². The van der Waals surface area contributed by atoms with Crippen LogP contribution in [0.15, 0.2) is 42.5 Å². The van der Waals surface area contributed by atoms with Crippen LogP contribution in [0.5, 0.6) is 0 Å². The van der Waals surface area contributed by atoms with E-state index < -0.39 is 17.8 Å². The van der Waals surface area contributed by atoms with Gasteiger partial charge >= 0.3 is 11.9 Å². The van der Waals surface area contributed by atoms with Crippen molar-refractivity contribution < 1.29 is 28.7 Å². The predicted octanol–water partition coefficient (Wildman–Crippen LogP) is 3.38. The van der Waals surface area contributed by atoms with Gasteiger partial charge in [0, 0.05) is 24.2 Å². The van der Waals surface area contributed by atoms with E-state index in [4.69, 9.17) is 4.74 Å². The highest BCUT2D eigenvalue weighted by atomic mass is 16.5. The Balaban J connectivity index is 1.65. The first-order chi connectivity index (χ1) is 14.8. The summed E-state index contributed by atoms with van der Waals surface area (Å²) in [6.07, 6.45) is 0.415. The molecule has 0 bridgehead atoms. The zero-order chi connectivity index (χ0) is 22.8. The minimum atomic E-state index is -0.550. The van der Waals surface area contributed by atoms with Gasteiger partial charge in [-0.3, -0.25) is 14.4 Å². The first-order valence-electron chi connectivity index (χ1n) is 9.79. The maximum Gasteiger partial charge on any atom is 0.337 e. The van der Waals surface area contributed by atoms with Crippen LogP contribution in [-0.2, 0) is 23.9 Å². The molecule has 0 atom stereocenters. The van der Waals surface area contributed by atoms with Gasteiger partial charge in [0.2, 0.25) is 5.91 Å². The molecule has 2 amide bonds. The second kappa shape index (κ2) is 11.5. The highest BCUT2D eigenvalue weighted by Crippen LogP contribution is 2.14. The van der Waals surface area contributed by atoms with Crippen LogP contribution in [0.25, 0.3) is 0 Å². The molecule has 0 radical (unpaired) electrons. The van der Waals surface area contributed by atoms with Gasteiger partial charge in [0.25, 0.3) is 5.91 Å². The Morgan fingerprint density at radius 1 is 0.806 bits per heavy atom. The largest absolute Gasteiger partial charge is 0.465 e. The molecule has 8 nitrogen and oxygen atoms in total. The zero-order valence-corrected chi connectivity index (χ0v) is 17.8. The van der Waals surface area contributed by atoms with E-state index in [2.05, 4.69) is 15.4 Å². The summed E-state index contributed by atoms with van der Waals surface area (Å²) in [5, 5.41) is 5.35. The molecule has 0 saturated carbocycles. The standard InChI is InChI=1S/C23H26N2O6/c1-15-7-10-19(13-16(15)2)25-21(27)14-31-22(28)6-4-5-20(26)24-18-11-8-17(9-12-18)23(29)30-3/h7-13H,4-6,14H2,1-3H3,(H,24,26)(H,25,27). The molecular weight excluding hydrogens is 400 g/mol. The first kappa shape index (κ1) is 23.6. The molecule has 0 fully saturated rings. The minimum Gasteiger partial charge on any atom is -0.465 e. The topological polar surface area (TPSA) is 111 Å². The van der Waals surface area contributed by atoms with Crippen molar-refractivity contribution in [1.29, 1.82) is 0 Å². The fourth-order valence-corrected chi connectivity index (χ4v) is 2.66. The number of carbonyl (C=O) groups excluding carboxylic acids is 4. The van der Waals surface area contributed by atoms with E-state index in [-0.39, 0.29) is 31.8 Å². The van der Waals surface area contributed by atoms with Crippen molar-refractivity contribution in [2.75, 3.05) is 24.4 Å². The number of ether oxygens (including phenoxy) is 2. The van der Waals surface area contributed by atoms with Crippen molar-refractivity contribution in [1.82, 2.24) is 0 Å². The summed E-state index contributed by atoms with van der Waals surface area (Å²) >= 11 is 0. The molecular formula is C23H26N2O6. The third-order valence-electron chi connectivity index (χ3n) is 4.53. The van der Waals surface area contributed by atoms with Gasteiger partial charge in [-0.1, -0.05) is 6.07 Å². The predicted molar refractivity (Wildman–Crippen MR) is 116 cm³/mol. The van der Waals surface area contributed by atoms with Gasteiger partial charge in [-0.25, -0.2) is 4.79 Å². The highest BCUT2D eigenvalue weighted by Gasteiger charge is 2.11. The number of aryl methyl sites for hydroxylation is 2. The summed E-state index contributed by atoms with van der Waals surface area (Å²) in [6, 6.07) is 11.8. The summed E-state index contributed by atoms with van der Waals surface area (Å²) in [6.45, 7) is 3.53. The lowest BCUT2D eigenvalue weighted by atomic mass is 10.1. The summed E-state index contributed by atoms with van der Waals surface area (Å²) in [5.41, 5.74) is 3.72. The summed E-state index contributed by atoms with van der Waals surface area (Å²) in [4.78, 5) is 47.0. The van der Waals surface area contributed by atoms with Crippen LogP contribution in [-0.4, -0.2) is 37.5 Å². The number of esters is 2. The molecule has 164 valence electrons. The summed E-state index contributed by atoms with van der Waals surface area (Å²) in [7, 11) is 1.29. The quantitative estimate of drug-likeness (QED) is 0.595. The number of amides is 2. The number of hydrogen-bond donors (Lipinski definition) is 2. The van der Waals surface area contributed by atoms with Crippen molar-refractivity contribution in [2.24, 2.45) is 0 Å². The maximum atomic E-state index is 12.0. The Morgan fingerprint density at radius 3 is 2.10 bits per heavy atom. The van der Waals surface area contributed by atoms with Crippen LogP contribution in [0.4, 0.5) is 11.4 Å². The molecule has 2 N–H and O–H groups in total. The molecule has 0 spiro atoms. The van der Waals surface area contributed by atoms with E-state index in [0.29, 0.717) is 16.9 Å². The average molecular weight is 426 g/mol. The van der Waals surface area contributed by atoms with E-state index in [0.717, 1.165) is 11.1 Å². The van der Waals surface area contributed by atoms with Crippen LogP contribution >= 0.6 is 0 Å². The molecule has 0 aliphatic heterocycles. The van der Waals surface area contributed by atoms with Crippen molar-refractivity contribution in [3.8, 4) is 0 Å². The molecule has 0 aliphatic carbocycles.